The second-order valence-corrected chi connectivity index (χ2v) is 6.79. The molecule has 2 aliphatic rings. The SMILES string of the molecule is Cn1nnc(N2Cc3nc(-c4ccc(N5CC(CO)OC5=O)cc4F)oc3C2)n1. The van der Waals surface area contributed by atoms with Gasteiger partial charge in [-0.3, -0.25) is 4.90 Å². The highest BCUT2D eigenvalue weighted by Crippen LogP contribution is 2.33. The number of cyclic esters (lactones) is 1. The number of hydrogen-bond donors (Lipinski definition) is 1. The van der Waals surface area contributed by atoms with Gasteiger partial charge in [0.25, 0.3) is 5.95 Å². The van der Waals surface area contributed by atoms with Crippen molar-refractivity contribution in [3.05, 3.63) is 35.5 Å². The normalized spacial score (nSPS) is 18.4. The molecule has 0 radical (unpaired) electrons. The van der Waals surface area contributed by atoms with Crippen LogP contribution in [0.25, 0.3) is 11.5 Å². The minimum atomic E-state index is -0.621. The van der Waals surface area contributed by atoms with E-state index in [1.54, 1.807) is 13.1 Å². The van der Waals surface area contributed by atoms with Crippen molar-refractivity contribution in [2.24, 2.45) is 7.05 Å². The molecule has 1 aromatic carbocycles. The van der Waals surface area contributed by atoms with Gasteiger partial charge in [-0.05, 0) is 23.4 Å². The van der Waals surface area contributed by atoms with E-state index in [9.17, 15) is 9.18 Å². The minimum absolute atomic E-state index is 0.160. The van der Waals surface area contributed by atoms with Crippen LogP contribution in [0.2, 0.25) is 0 Å². The molecular weight excluding hydrogens is 385 g/mol. The molecule has 1 saturated heterocycles. The predicted octanol–water partition coefficient (Wildman–Crippen LogP) is 0.842. The molecule has 11 nitrogen and oxygen atoms in total. The van der Waals surface area contributed by atoms with E-state index in [4.69, 9.17) is 14.3 Å². The zero-order valence-corrected chi connectivity index (χ0v) is 15.3. The molecule has 0 bridgehead atoms. The summed E-state index contributed by atoms with van der Waals surface area (Å²) in [7, 11) is 1.68. The lowest BCUT2D eigenvalue weighted by Gasteiger charge is -2.13. The predicted molar refractivity (Wildman–Crippen MR) is 95.3 cm³/mol. The molecule has 0 saturated carbocycles. The number of anilines is 2. The Morgan fingerprint density at radius 3 is 2.86 bits per heavy atom. The summed E-state index contributed by atoms with van der Waals surface area (Å²) >= 11 is 0. The van der Waals surface area contributed by atoms with Crippen molar-refractivity contribution in [1.82, 2.24) is 25.2 Å². The Labute approximate surface area is 163 Å². The number of fused-ring (bicyclic) bond motifs is 1. The van der Waals surface area contributed by atoms with Crippen molar-refractivity contribution < 1.29 is 23.4 Å². The highest BCUT2D eigenvalue weighted by Gasteiger charge is 2.33. The second kappa shape index (κ2) is 6.51. The number of carbonyl (C=O) groups is 1. The Balaban J connectivity index is 1.36. The number of aromatic nitrogens is 5. The first-order valence-corrected chi connectivity index (χ1v) is 8.88. The van der Waals surface area contributed by atoms with E-state index in [0.29, 0.717) is 36.2 Å². The molecule has 1 fully saturated rings. The van der Waals surface area contributed by atoms with Gasteiger partial charge in [0.05, 0.1) is 44.5 Å². The number of aliphatic hydroxyl groups excluding tert-OH is 1. The quantitative estimate of drug-likeness (QED) is 0.677. The Morgan fingerprint density at radius 2 is 2.21 bits per heavy atom. The van der Waals surface area contributed by atoms with Crippen molar-refractivity contribution in [2.45, 2.75) is 19.2 Å². The first-order valence-electron chi connectivity index (χ1n) is 8.88. The maximum Gasteiger partial charge on any atom is 0.414 e. The zero-order valence-electron chi connectivity index (χ0n) is 15.3. The number of amides is 1. The lowest BCUT2D eigenvalue weighted by Crippen LogP contribution is -2.25. The van der Waals surface area contributed by atoms with Gasteiger partial charge < -0.3 is 19.2 Å². The van der Waals surface area contributed by atoms with E-state index in [1.165, 1.54) is 21.8 Å². The molecule has 0 spiro atoms. The van der Waals surface area contributed by atoms with Crippen molar-refractivity contribution in [3.63, 3.8) is 0 Å². The summed E-state index contributed by atoms with van der Waals surface area (Å²) < 4.78 is 25.5. The number of benzene rings is 1. The molecule has 3 aromatic rings. The summed E-state index contributed by atoms with van der Waals surface area (Å²) in [5, 5.41) is 21.0. The van der Waals surface area contributed by atoms with E-state index in [2.05, 4.69) is 20.4 Å². The Hall–Kier alpha value is -3.54. The summed E-state index contributed by atoms with van der Waals surface area (Å²) in [6, 6.07) is 4.32. The molecule has 150 valence electrons. The number of halogens is 1. The summed E-state index contributed by atoms with van der Waals surface area (Å²) in [4.78, 5) is 20.8. The number of rotatable bonds is 4. The molecule has 0 aliphatic carbocycles. The number of tetrazole rings is 1. The standard InChI is InChI=1S/C17H16FN7O4/c1-23-21-16(20-22-23)24-6-13-14(7-24)29-15(19-13)11-3-2-9(4-12(11)18)25-5-10(8-26)28-17(25)27/h2-4,10,26H,5-8H2,1H3. The van der Waals surface area contributed by atoms with Crippen LogP contribution in [0.4, 0.5) is 20.8 Å². The van der Waals surface area contributed by atoms with Gasteiger partial charge in [-0.1, -0.05) is 5.10 Å². The summed E-state index contributed by atoms with van der Waals surface area (Å²) in [6.45, 7) is 0.724. The van der Waals surface area contributed by atoms with Crippen LogP contribution in [-0.4, -0.2) is 55.6 Å². The van der Waals surface area contributed by atoms with Gasteiger partial charge in [-0.25, -0.2) is 14.2 Å². The van der Waals surface area contributed by atoms with Crippen molar-refractivity contribution in [3.8, 4) is 11.5 Å². The third-order valence-electron chi connectivity index (χ3n) is 4.81. The number of hydrogen-bond acceptors (Lipinski definition) is 9. The summed E-state index contributed by atoms with van der Waals surface area (Å²) in [5.41, 5.74) is 1.22. The summed E-state index contributed by atoms with van der Waals surface area (Å²) in [6.07, 6.45) is -1.24. The first kappa shape index (κ1) is 17.6. The highest BCUT2D eigenvalue weighted by atomic mass is 19.1. The maximum atomic E-state index is 14.7. The number of oxazole rings is 1. The van der Waals surface area contributed by atoms with Gasteiger partial charge >= 0.3 is 6.09 Å². The van der Waals surface area contributed by atoms with Crippen LogP contribution in [0.15, 0.2) is 22.6 Å². The number of aryl methyl sites for hydroxylation is 1. The molecule has 2 aliphatic heterocycles. The van der Waals surface area contributed by atoms with Crippen molar-refractivity contribution in [2.75, 3.05) is 23.0 Å². The molecule has 1 atom stereocenters. The fourth-order valence-corrected chi connectivity index (χ4v) is 3.37. The lowest BCUT2D eigenvalue weighted by molar-refractivity contribution is 0.0963. The van der Waals surface area contributed by atoms with Crippen LogP contribution in [-0.2, 0) is 24.9 Å². The minimum Gasteiger partial charge on any atom is -0.441 e. The molecule has 2 aromatic heterocycles. The fraction of sp³-hybridized carbons (Fsp3) is 0.353. The van der Waals surface area contributed by atoms with Crippen LogP contribution in [0.3, 0.4) is 0 Å². The molecule has 1 unspecified atom stereocenters. The highest BCUT2D eigenvalue weighted by molar-refractivity contribution is 5.90. The molecule has 1 amide bonds. The van der Waals surface area contributed by atoms with Crippen LogP contribution in [0, 0.1) is 5.82 Å². The molecule has 29 heavy (non-hydrogen) atoms. The maximum absolute atomic E-state index is 14.7. The largest absolute Gasteiger partial charge is 0.441 e. The molecule has 5 rings (SSSR count). The molecule has 12 heteroatoms. The van der Waals surface area contributed by atoms with Crippen LogP contribution in [0.1, 0.15) is 11.5 Å². The Morgan fingerprint density at radius 1 is 1.34 bits per heavy atom. The summed E-state index contributed by atoms with van der Waals surface area (Å²) in [5.74, 6) is 0.680. The second-order valence-electron chi connectivity index (χ2n) is 6.79. The number of carbonyl (C=O) groups excluding carboxylic acids is 1. The van der Waals surface area contributed by atoms with Crippen molar-refractivity contribution >= 4 is 17.7 Å². The van der Waals surface area contributed by atoms with Crippen LogP contribution in [0.5, 0.6) is 0 Å². The number of nitrogens with zero attached hydrogens (tertiary/aromatic N) is 7. The van der Waals surface area contributed by atoms with Crippen LogP contribution < -0.4 is 9.80 Å². The third kappa shape index (κ3) is 2.97. The smallest absolute Gasteiger partial charge is 0.414 e. The zero-order chi connectivity index (χ0) is 20.1. The number of aliphatic hydroxyl groups is 1. The Bertz CT molecular complexity index is 1070. The first-order chi connectivity index (χ1) is 14.0. The average molecular weight is 401 g/mol. The van der Waals surface area contributed by atoms with Gasteiger partial charge in [0.2, 0.25) is 5.89 Å². The fourth-order valence-electron chi connectivity index (χ4n) is 3.37. The van der Waals surface area contributed by atoms with E-state index in [1.807, 2.05) is 4.90 Å². The average Bonchev–Trinajstić information content (AvgIpc) is 3.44. The van der Waals surface area contributed by atoms with Gasteiger partial charge in [0, 0.05) is 0 Å². The molecule has 4 heterocycles. The van der Waals surface area contributed by atoms with Gasteiger partial charge in [-0.15, -0.1) is 5.10 Å². The van der Waals surface area contributed by atoms with Gasteiger partial charge in [0.1, 0.15) is 23.4 Å². The Kier molecular flexibility index (Phi) is 3.94. The van der Waals surface area contributed by atoms with E-state index in [0.717, 1.165) is 0 Å². The molecule has 1 N–H and O–H groups in total. The van der Waals surface area contributed by atoms with Crippen LogP contribution >= 0.6 is 0 Å². The van der Waals surface area contributed by atoms with E-state index >= 15 is 0 Å². The third-order valence-corrected chi connectivity index (χ3v) is 4.81. The lowest BCUT2D eigenvalue weighted by atomic mass is 10.1. The van der Waals surface area contributed by atoms with E-state index < -0.39 is 18.0 Å². The van der Waals surface area contributed by atoms with Crippen molar-refractivity contribution in [1.29, 1.82) is 0 Å². The van der Waals surface area contributed by atoms with E-state index in [-0.39, 0.29) is 24.6 Å². The van der Waals surface area contributed by atoms with Gasteiger partial charge in [-0.2, -0.15) is 4.80 Å². The topological polar surface area (TPSA) is 123 Å². The number of ether oxygens (including phenoxy) is 1. The molecular formula is C17H16FN7O4. The van der Waals surface area contributed by atoms with Gasteiger partial charge in [0.15, 0.2) is 0 Å². The monoisotopic (exact) mass is 401 g/mol.